The van der Waals surface area contributed by atoms with Crippen LogP contribution in [0.15, 0.2) is 48.7 Å². The van der Waals surface area contributed by atoms with Crippen molar-refractivity contribution in [2.45, 2.75) is 32.0 Å². The molecule has 0 radical (unpaired) electrons. The second-order valence-corrected chi connectivity index (χ2v) is 5.33. The molecule has 0 amide bonds. The third-order valence-electron chi connectivity index (χ3n) is 3.40. The van der Waals surface area contributed by atoms with Crippen molar-refractivity contribution < 1.29 is 13.2 Å². The highest BCUT2D eigenvalue weighted by Gasteiger charge is 2.30. The van der Waals surface area contributed by atoms with E-state index in [0.717, 1.165) is 24.7 Å². The Morgan fingerprint density at radius 3 is 2.64 bits per heavy atom. The fourth-order valence-electron chi connectivity index (χ4n) is 2.29. The van der Waals surface area contributed by atoms with Gasteiger partial charge in [-0.25, -0.2) is 0 Å². The lowest BCUT2D eigenvalue weighted by Crippen LogP contribution is -2.30. The molecule has 1 unspecified atom stereocenters. The molecular formula is C17H19F3N2. The highest BCUT2D eigenvalue weighted by molar-refractivity contribution is 5.26. The van der Waals surface area contributed by atoms with Crippen LogP contribution in [-0.2, 0) is 19.0 Å². The zero-order chi connectivity index (χ0) is 16.0. The molecular weight excluding hydrogens is 289 g/mol. The Kier molecular flexibility index (Phi) is 5.55. The van der Waals surface area contributed by atoms with Gasteiger partial charge < -0.3 is 5.32 Å². The number of hydrogen-bond acceptors (Lipinski definition) is 2. The van der Waals surface area contributed by atoms with Crippen LogP contribution in [0.3, 0.4) is 0 Å². The Hall–Kier alpha value is -1.88. The SMILES string of the molecule is CC(Cc1cccc(C(F)(F)F)c1)NCCc1ccccn1. The summed E-state index contributed by atoms with van der Waals surface area (Å²) >= 11 is 0. The molecule has 0 saturated carbocycles. The summed E-state index contributed by atoms with van der Waals surface area (Å²) in [6.45, 7) is 2.72. The van der Waals surface area contributed by atoms with Gasteiger partial charge in [-0.15, -0.1) is 0 Å². The minimum absolute atomic E-state index is 0.104. The second-order valence-electron chi connectivity index (χ2n) is 5.33. The summed E-state index contributed by atoms with van der Waals surface area (Å²) in [6.07, 6.45) is -1.17. The topological polar surface area (TPSA) is 24.9 Å². The van der Waals surface area contributed by atoms with Crippen LogP contribution in [0, 0.1) is 0 Å². The Morgan fingerprint density at radius 1 is 1.14 bits per heavy atom. The number of benzene rings is 1. The molecule has 118 valence electrons. The lowest BCUT2D eigenvalue weighted by molar-refractivity contribution is -0.137. The third-order valence-corrected chi connectivity index (χ3v) is 3.40. The van der Waals surface area contributed by atoms with E-state index in [0.29, 0.717) is 12.0 Å². The van der Waals surface area contributed by atoms with Gasteiger partial charge in [0.15, 0.2) is 0 Å². The summed E-state index contributed by atoms with van der Waals surface area (Å²) in [5.74, 6) is 0. The zero-order valence-corrected chi connectivity index (χ0v) is 12.4. The molecule has 1 heterocycles. The van der Waals surface area contributed by atoms with Gasteiger partial charge in [-0.3, -0.25) is 4.98 Å². The maximum atomic E-state index is 12.7. The van der Waals surface area contributed by atoms with Crippen LogP contribution in [0.1, 0.15) is 23.7 Å². The van der Waals surface area contributed by atoms with Crippen molar-refractivity contribution >= 4 is 0 Å². The largest absolute Gasteiger partial charge is 0.416 e. The van der Waals surface area contributed by atoms with Gasteiger partial charge >= 0.3 is 6.18 Å². The molecule has 0 aliphatic rings. The molecule has 1 atom stereocenters. The van der Waals surface area contributed by atoms with Crippen LogP contribution in [0.4, 0.5) is 13.2 Å². The number of nitrogens with one attached hydrogen (secondary N) is 1. The molecule has 2 aromatic rings. The van der Waals surface area contributed by atoms with E-state index in [9.17, 15) is 13.2 Å². The maximum Gasteiger partial charge on any atom is 0.416 e. The molecule has 0 bridgehead atoms. The average molecular weight is 308 g/mol. The van der Waals surface area contributed by atoms with Crippen molar-refractivity contribution in [3.8, 4) is 0 Å². The van der Waals surface area contributed by atoms with E-state index in [1.165, 1.54) is 12.1 Å². The van der Waals surface area contributed by atoms with E-state index in [4.69, 9.17) is 0 Å². The lowest BCUT2D eigenvalue weighted by Gasteiger charge is -2.15. The van der Waals surface area contributed by atoms with Crippen LogP contribution in [0.5, 0.6) is 0 Å². The first-order valence-corrected chi connectivity index (χ1v) is 7.24. The number of rotatable bonds is 6. The van der Waals surface area contributed by atoms with Crippen molar-refractivity contribution in [2.24, 2.45) is 0 Å². The Balaban J connectivity index is 1.83. The summed E-state index contributed by atoms with van der Waals surface area (Å²) in [5.41, 5.74) is 1.10. The van der Waals surface area contributed by atoms with Crippen LogP contribution in [-0.4, -0.2) is 17.6 Å². The fraction of sp³-hybridized carbons (Fsp3) is 0.353. The first kappa shape index (κ1) is 16.5. The molecule has 5 heteroatoms. The standard InChI is InChI=1S/C17H19F3N2/c1-13(21-10-8-16-7-2-3-9-22-16)11-14-5-4-6-15(12-14)17(18,19)20/h2-7,9,12-13,21H,8,10-11H2,1H3. The highest BCUT2D eigenvalue weighted by Crippen LogP contribution is 2.29. The molecule has 0 fully saturated rings. The van der Waals surface area contributed by atoms with E-state index in [-0.39, 0.29) is 6.04 Å². The highest BCUT2D eigenvalue weighted by atomic mass is 19.4. The normalized spacial score (nSPS) is 13.1. The zero-order valence-electron chi connectivity index (χ0n) is 12.4. The average Bonchev–Trinajstić information content (AvgIpc) is 2.48. The van der Waals surface area contributed by atoms with Crippen molar-refractivity contribution in [2.75, 3.05) is 6.54 Å². The third kappa shape index (κ3) is 5.15. The molecule has 0 aliphatic carbocycles. The molecule has 0 aliphatic heterocycles. The van der Waals surface area contributed by atoms with Gasteiger partial charge in [0.2, 0.25) is 0 Å². The predicted molar refractivity (Wildman–Crippen MR) is 80.6 cm³/mol. The number of halogens is 3. The van der Waals surface area contributed by atoms with Gasteiger partial charge in [-0.2, -0.15) is 13.2 Å². The maximum absolute atomic E-state index is 12.7. The van der Waals surface area contributed by atoms with E-state index in [1.807, 2.05) is 25.1 Å². The van der Waals surface area contributed by atoms with E-state index in [1.54, 1.807) is 12.3 Å². The minimum atomic E-state index is -4.29. The summed E-state index contributed by atoms with van der Waals surface area (Å²) in [4.78, 5) is 4.23. The number of alkyl halides is 3. The smallest absolute Gasteiger partial charge is 0.314 e. The van der Waals surface area contributed by atoms with E-state index in [2.05, 4.69) is 10.3 Å². The van der Waals surface area contributed by atoms with Crippen LogP contribution >= 0.6 is 0 Å². The van der Waals surface area contributed by atoms with Gasteiger partial charge in [0.25, 0.3) is 0 Å². The van der Waals surface area contributed by atoms with Crippen LogP contribution < -0.4 is 5.32 Å². The molecule has 2 rings (SSSR count). The Morgan fingerprint density at radius 2 is 1.95 bits per heavy atom. The van der Waals surface area contributed by atoms with Gasteiger partial charge in [0.05, 0.1) is 5.56 Å². The van der Waals surface area contributed by atoms with Crippen LogP contribution in [0.2, 0.25) is 0 Å². The Bertz CT molecular complexity index is 582. The summed E-state index contributed by atoms with van der Waals surface area (Å²) in [7, 11) is 0. The minimum Gasteiger partial charge on any atom is -0.314 e. The molecule has 1 N–H and O–H groups in total. The molecule has 0 saturated heterocycles. The molecule has 22 heavy (non-hydrogen) atoms. The molecule has 1 aromatic heterocycles. The predicted octanol–water partition coefficient (Wildman–Crippen LogP) is 3.86. The number of hydrogen-bond donors (Lipinski definition) is 1. The summed E-state index contributed by atoms with van der Waals surface area (Å²) in [6, 6.07) is 11.4. The van der Waals surface area contributed by atoms with Crippen molar-refractivity contribution in [1.29, 1.82) is 0 Å². The monoisotopic (exact) mass is 308 g/mol. The van der Waals surface area contributed by atoms with Crippen molar-refractivity contribution in [3.63, 3.8) is 0 Å². The van der Waals surface area contributed by atoms with E-state index < -0.39 is 11.7 Å². The van der Waals surface area contributed by atoms with Gasteiger partial charge in [0.1, 0.15) is 0 Å². The summed E-state index contributed by atoms with van der Waals surface area (Å²) < 4.78 is 38.0. The van der Waals surface area contributed by atoms with Crippen molar-refractivity contribution in [1.82, 2.24) is 10.3 Å². The molecule has 0 spiro atoms. The lowest BCUT2D eigenvalue weighted by atomic mass is 10.0. The first-order chi connectivity index (χ1) is 10.4. The Labute approximate surface area is 128 Å². The summed E-state index contributed by atoms with van der Waals surface area (Å²) in [5, 5.41) is 3.32. The molecule has 2 nitrogen and oxygen atoms in total. The fourth-order valence-corrected chi connectivity index (χ4v) is 2.29. The molecule has 1 aromatic carbocycles. The van der Waals surface area contributed by atoms with Gasteiger partial charge in [-0.1, -0.05) is 24.3 Å². The quantitative estimate of drug-likeness (QED) is 0.876. The number of pyridine rings is 1. The number of nitrogens with zero attached hydrogens (tertiary/aromatic N) is 1. The van der Waals surface area contributed by atoms with Crippen molar-refractivity contribution in [3.05, 3.63) is 65.5 Å². The van der Waals surface area contributed by atoms with Gasteiger partial charge in [-0.05, 0) is 37.1 Å². The second kappa shape index (κ2) is 7.40. The van der Waals surface area contributed by atoms with E-state index >= 15 is 0 Å². The number of aromatic nitrogens is 1. The first-order valence-electron chi connectivity index (χ1n) is 7.24. The van der Waals surface area contributed by atoms with Gasteiger partial charge in [0, 0.05) is 30.9 Å². The van der Waals surface area contributed by atoms with Crippen LogP contribution in [0.25, 0.3) is 0 Å².